The monoisotopic (exact) mass is 399 g/mol. The zero-order chi connectivity index (χ0) is 18.2. The van der Waals surface area contributed by atoms with Gasteiger partial charge in [0.05, 0.1) is 13.2 Å². The summed E-state index contributed by atoms with van der Waals surface area (Å²) < 4.78 is 15.2. The minimum Gasteiger partial charge on any atom is -0.394 e. The van der Waals surface area contributed by atoms with Gasteiger partial charge in [-0.15, -0.1) is 0 Å². The Balaban J connectivity index is 0.00000312. The first kappa shape index (κ1) is 23.9. The van der Waals surface area contributed by atoms with Gasteiger partial charge in [0, 0.05) is 29.6 Å². The summed E-state index contributed by atoms with van der Waals surface area (Å²) in [5.74, 6) is 0. The number of aliphatic hydroxyl groups is 8. The van der Waals surface area contributed by atoms with Crippen molar-refractivity contribution in [2.45, 2.75) is 60.4 Å². The molecule has 0 aromatic heterocycles. The van der Waals surface area contributed by atoms with Crippen LogP contribution in [-0.2, 0) is 14.2 Å². The molecule has 2 aliphatic rings. The molecule has 2 aliphatic heterocycles. The predicted octanol–water partition coefficient (Wildman–Crippen LogP) is -5.21. The first-order chi connectivity index (χ1) is 11.1. The van der Waals surface area contributed by atoms with Gasteiger partial charge in [-0.05, 0) is 0 Å². The molecule has 2 rings (SSSR count). The van der Waals surface area contributed by atoms with Gasteiger partial charge in [-0.1, -0.05) is 11.6 Å². The van der Waals surface area contributed by atoms with Crippen LogP contribution >= 0.6 is 11.6 Å². The molecule has 0 saturated carbocycles. The molecule has 2 fully saturated rings. The topological polar surface area (TPSA) is 190 Å². The maximum Gasteiger partial charge on any atom is 0.276 e. The van der Waals surface area contributed by atoms with Gasteiger partial charge in [-0.2, -0.15) is 0 Å². The standard InChI is InChI=1S/C12H21ClO11.Na/c13-12(21)10(20)8(19)9(4(2-15)24-12)23-11-7(18)6(17)5(16)3(1-14)22-11;/h3-11,14-21H,1-2H2;/t3-,4-,5+,6+,7-,8+,9-,10-,11+,12?;/m1./s1. The van der Waals surface area contributed by atoms with Crippen molar-refractivity contribution in [3.05, 3.63) is 0 Å². The van der Waals surface area contributed by atoms with Gasteiger partial charge < -0.3 is 55.1 Å². The first-order valence-electron chi connectivity index (χ1n) is 7.16. The quantitative estimate of drug-likeness (QED) is 0.166. The number of hydrogen-bond donors (Lipinski definition) is 8. The van der Waals surface area contributed by atoms with Crippen LogP contribution < -0.4 is 0 Å². The Kier molecular flexibility index (Phi) is 8.95. The largest absolute Gasteiger partial charge is 0.394 e. The van der Waals surface area contributed by atoms with Crippen LogP contribution in [0.3, 0.4) is 0 Å². The van der Waals surface area contributed by atoms with Gasteiger partial charge in [0.25, 0.3) is 5.25 Å². The van der Waals surface area contributed by atoms with Crippen molar-refractivity contribution in [3.63, 3.8) is 0 Å². The van der Waals surface area contributed by atoms with Crippen molar-refractivity contribution in [2.75, 3.05) is 13.2 Å². The van der Waals surface area contributed by atoms with Gasteiger partial charge in [0.2, 0.25) is 0 Å². The van der Waals surface area contributed by atoms with E-state index in [4.69, 9.17) is 30.9 Å². The van der Waals surface area contributed by atoms with Gasteiger partial charge >= 0.3 is 0 Å². The summed E-state index contributed by atoms with van der Waals surface area (Å²) in [5, 5.41) is 74.4. The third-order valence-corrected chi connectivity index (χ3v) is 4.34. The molecular weight excluding hydrogens is 379 g/mol. The van der Waals surface area contributed by atoms with E-state index in [9.17, 15) is 35.7 Å². The number of halogens is 1. The van der Waals surface area contributed by atoms with Crippen LogP contribution in [0.4, 0.5) is 0 Å². The molecule has 2 heterocycles. The van der Waals surface area contributed by atoms with E-state index in [0.717, 1.165) is 0 Å². The number of ether oxygens (including phenoxy) is 3. The van der Waals surface area contributed by atoms with Crippen molar-refractivity contribution < 1.29 is 55.1 Å². The molecule has 143 valence electrons. The molecule has 1 radical (unpaired) electrons. The molecule has 2 saturated heterocycles. The molecule has 0 aromatic carbocycles. The van der Waals surface area contributed by atoms with Gasteiger partial charge in [0.1, 0.15) is 42.7 Å². The third kappa shape index (κ3) is 4.83. The molecule has 11 nitrogen and oxygen atoms in total. The van der Waals surface area contributed by atoms with Gasteiger partial charge in [-0.3, -0.25) is 0 Å². The Hall–Kier alpha value is 0.850. The molecule has 0 amide bonds. The molecule has 0 spiro atoms. The van der Waals surface area contributed by atoms with E-state index in [0.29, 0.717) is 0 Å². The smallest absolute Gasteiger partial charge is 0.276 e. The second kappa shape index (κ2) is 9.37. The Morgan fingerprint density at radius 3 is 1.96 bits per heavy atom. The van der Waals surface area contributed by atoms with E-state index < -0.39 is 73.6 Å². The zero-order valence-electron chi connectivity index (χ0n) is 13.3. The van der Waals surface area contributed by atoms with Crippen molar-refractivity contribution in [2.24, 2.45) is 0 Å². The van der Waals surface area contributed by atoms with E-state index in [1.54, 1.807) is 0 Å². The average Bonchev–Trinajstić information content (AvgIpc) is 2.55. The maximum atomic E-state index is 10.0. The van der Waals surface area contributed by atoms with Crippen LogP contribution in [0.1, 0.15) is 0 Å². The van der Waals surface area contributed by atoms with Crippen LogP contribution in [0.25, 0.3) is 0 Å². The van der Waals surface area contributed by atoms with Crippen LogP contribution in [-0.4, -0.2) is 144 Å². The molecule has 0 aromatic rings. The van der Waals surface area contributed by atoms with E-state index in [-0.39, 0.29) is 29.6 Å². The second-order valence-corrected chi connectivity index (χ2v) is 6.22. The molecule has 8 N–H and O–H groups in total. The minimum absolute atomic E-state index is 0. The normalized spacial score (nSPS) is 51.0. The van der Waals surface area contributed by atoms with Crippen molar-refractivity contribution in [3.8, 4) is 0 Å². The van der Waals surface area contributed by atoms with E-state index in [1.807, 2.05) is 0 Å². The summed E-state index contributed by atoms with van der Waals surface area (Å²) in [7, 11) is 0. The number of hydrogen-bond acceptors (Lipinski definition) is 11. The van der Waals surface area contributed by atoms with Crippen molar-refractivity contribution >= 4 is 41.2 Å². The summed E-state index contributed by atoms with van der Waals surface area (Å²) in [6.07, 6.45) is -14.7. The molecule has 10 atom stereocenters. The summed E-state index contributed by atoms with van der Waals surface area (Å²) in [6.45, 7) is -1.47. The fourth-order valence-electron chi connectivity index (χ4n) is 2.60. The van der Waals surface area contributed by atoms with Crippen LogP contribution in [0, 0.1) is 0 Å². The fourth-order valence-corrected chi connectivity index (χ4v) is 2.85. The Labute approximate surface area is 169 Å². The van der Waals surface area contributed by atoms with Crippen LogP contribution in [0.2, 0.25) is 0 Å². The van der Waals surface area contributed by atoms with E-state index in [2.05, 4.69) is 0 Å². The SMILES string of the molecule is OC[C@H]1O[C@@H](O[C@H]2[C@H](O)[C@@H](O)C(O)(Cl)O[C@@H]2CO)[C@H](O)[C@@H](O)[C@H]1O.[Na]. The molecule has 0 aliphatic carbocycles. The van der Waals surface area contributed by atoms with Crippen LogP contribution in [0.5, 0.6) is 0 Å². The Bertz CT molecular complexity index is 426. The van der Waals surface area contributed by atoms with Gasteiger partial charge in [0.15, 0.2) is 12.4 Å². The predicted molar refractivity (Wildman–Crippen MR) is 79.2 cm³/mol. The fraction of sp³-hybridized carbons (Fsp3) is 1.00. The van der Waals surface area contributed by atoms with Crippen LogP contribution in [0.15, 0.2) is 0 Å². The van der Waals surface area contributed by atoms with E-state index in [1.165, 1.54) is 0 Å². The van der Waals surface area contributed by atoms with Crippen molar-refractivity contribution in [1.29, 1.82) is 0 Å². The Morgan fingerprint density at radius 2 is 1.44 bits per heavy atom. The summed E-state index contributed by atoms with van der Waals surface area (Å²) in [4.78, 5) is 0. The molecular formula is C12H21ClNaO11. The minimum atomic E-state index is -2.66. The maximum absolute atomic E-state index is 10.0. The molecule has 0 bridgehead atoms. The van der Waals surface area contributed by atoms with Crippen molar-refractivity contribution in [1.82, 2.24) is 0 Å². The first-order valence-corrected chi connectivity index (χ1v) is 7.54. The zero-order valence-corrected chi connectivity index (χ0v) is 16.0. The van der Waals surface area contributed by atoms with Gasteiger partial charge in [-0.25, -0.2) is 0 Å². The molecule has 1 unspecified atom stereocenters. The number of aliphatic hydroxyl groups excluding tert-OH is 7. The third-order valence-electron chi connectivity index (χ3n) is 4.03. The average molecular weight is 400 g/mol. The summed E-state index contributed by atoms with van der Waals surface area (Å²) in [6, 6.07) is 0. The second-order valence-electron chi connectivity index (χ2n) is 5.68. The summed E-state index contributed by atoms with van der Waals surface area (Å²) in [5.41, 5.74) is 0. The Morgan fingerprint density at radius 1 is 0.880 bits per heavy atom. The van der Waals surface area contributed by atoms with E-state index >= 15 is 0 Å². The number of rotatable bonds is 4. The summed E-state index contributed by atoms with van der Waals surface area (Å²) >= 11 is 5.49. The molecule has 25 heavy (non-hydrogen) atoms. The number of alkyl halides is 1. The molecule has 13 heteroatoms.